The number of ether oxygens (including phenoxy) is 1. The molecule has 1 aromatic rings. The average molecular weight is 318 g/mol. The number of unbranched alkanes of at least 4 members (excludes halogenated alkanes) is 2. The molecular formula is C18H26N2O3. The molecule has 3 N–H and O–H groups in total. The quantitative estimate of drug-likeness (QED) is 0.373. The van der Waals surface area contributed by atoms with Crippen LogP contribution in [0.5, 0.6) is 0 Å². The molecule has 5 heteroatoms. The minimum absolute atomic E-state index is 0.269. The van der Waals surface area contributed by atoms with E-state index in [9.17, 15) is 9.59 Å². The summed E-state index contributed by atoms with van der Waals surface area (Å²) in [5.74, 6) is -0.748. The third-order valence-corrected chi connectivity index (χ3v) is 3.31. The SMILES string of the molecule is CCCCCNC(/C=C\CCOC(=O)c1ccccc1)C(N)=O. The van der Waals surface area contributed by atoms with Crippen LogP contribution in [-0.4, -0.2) is 31.1 Å². The summed E-state index contributed by atoms with van der Waals surface area (Å²) in [7, 11) is 0. The van der Waals surface area contributed by atoms with E-state index in [1.807, 2.05) is 6.07 Å². The molecule has 1 atom stereocenters. The number of hydrogen-bond donors (Lipinski definition) is 2. The standard InChI is InChI=1S/C18H26N2O3/c1-2-3-8-13-20-16(17(19)21)12-7-9-14-23-18(22)15-10-5-4-6-11-15/h4-7,10-12,16,20H,2-3,8-9,13-14H2,1H3,(H2,19,21)/b12-7-. The largest absolute Gasteiger partial charge is 0.462 e. The van der Waals surface area contributed by atoms with Gasteiger partial charge in [-0.2, -0.15) is 0 Å². The monoisotopic (exact) mass is 318 g/mol. The Bertz CT molecular complexity index is 500. The zero-order valence-corrected chi connectivity index (χ0v) is 13.7. The van der Waals surface area contributed by atoms with Crippen LogP contribution < -0.4 is 11.1 Å². The van der Waals surface area contributed by atoms with Crippen LogP contribution in [0.2, 0.25) is 0 Å². The Labute approximate surface area is 137 Å². The van der Waals surface area contributed by atoms with E-state index in [1.54, 1.807) is 36.4 Å². The van der Waals surface area contributed by atoms with Crippen LogP contribution in [0.1, 0.15) is 43.0 Å². The molecule has 1 rings (SSSR count). The van der Waals surface area contributed by atoms with Crippen molar-refractivity contribution in [2.75, 3.05) is 13.2 Å². The van der Waals surface area contributed by atoms with Crippen LogP contribution in [0.3, 0.4) is 0 Å². The third kappa shape index (κ3) is 8.16. The van der Waals surface area contributed by atoms with Gasteiger partial charge >= 0.3 is 5.97 Å². The van der Waals surface area contributed by atoms with Gasteiger partial charge in [0.2, 0.25) is 5.91 Å². The molecular weight excluding hydrogens is 292 g/mol. The van der Waals surface area contributed by atoms with Crippen molar-refractivity contribution in [3.05, 3.63) is 48.0 Å². The summed E-state index contributed by atoms with van der Waals surface area (Å²) in [6.07, 6.45) is 7.34. The Morgan fingerprint density at radius 2 is 2.00 bits per heavy atom. The first-order valence-corrected chi connectivity index (χ1v) is 8.06. The molecule has 0 fully saturated rings. The molecule has 0 aliphatic rings. The maximum absolute atomic E-state index is 11.7. The zero-order chi connectivity index (χ0) is 16.9. The van der Waals surface area contributed by atoms with E-state index in [-0.39, 0.29) is 12.6 Å². The average Bonchev–Trinajstić information content (AvgIpc) is 2.56. The number of carbonyl (C=O) groups is 2. The lowest BCUT2D eigenvalue weighted by atomic mass is 10.2. The van der Waals surface area contributed by atoms with Crippen molar-refractivity contribution in [1.29, 1.82) is 0 Å². The van der Waals surface area contributed by atoms with E-state index in [4.69, 9.17) is 10.5 Å². The molecule has 1 unspecified atom stereocenters. The van der Waals surface area contributed by atoms with Crippen LogP contribution in [-0.2, 0) is 9.53 Å². The second-order valence-electron chi connectivity index (χ2n) is 5.26. The van der Waals surface area contributed by atoms with Crippen molar-refractivity contribution in [1.82, 2.24) is 5.32 Å². The van der Waals surface area contributed by atoms with E-state index < -0.39 is 11.9 Å². The first kappa shape index (κ1) is 18.9. The highest BCUT2D eigenvalue weighted by molar-refractivity contribution is 5.89. The second-order valence-corrected chi connectivity index (χ2v) is 5.26. The molecule has 0 saturated heterocycles. The first-order chi connectivity index (χ1) is 11.1. The maximum atomic E-state index is 11.7. The number of nitrogens with one attached hydrogen (secondary N) is 1. The summed E-state index contributed by atoms with van der Waals surface area (Å²) in [4.78, 5) is 23.1. The Morgan fingerprint density at radius 1 is 1.26 bits per heavy atom. The summed E-state index contributed by atoms with van der Waals surface area (Å²) in [6, 6.07) is 8.37. The van der Waals surface area contributed by atoms with Crippen LogP contribution in [0.15, 0.2) is 42.5 Å². The van der Waals surface area contributed by atoms with Crippen molar-refractivity contribution in [3.8, 4) is 0 Å². The summed E-state index contributed by atoms with van der Waals surface area (Å²) in [5, 5.41) is 3.11. The highest BCUT2D eigenvalue weighted by Crippen LogP contribution is 2.02. The molecule has 0 spiro atoms. The minimum atomic E-state index is -0.475. The highest BCUT2D eigenvalue weighted by atomic mass is 16.5. The minimum Gasteiger partial charge on any atom is -0.462 e. The van der Waals surface area contributed by atoms with E-state index >= 15 is 0 Å². The fourth-order valence-corrected chi connectivity index (χ4v) is 2.01. The fraction of sp³-hybridized carbons (Fsp3) is 0.444. The lowest BCUT2D eigenvalue weighted by Gasteiger charge is -2.11. The number of amides is 1. The van der Waals surface area contributed by atoms with Crippen molar-refractivity contribution in [2.24, 2.45) is 5.73 Å². The predicted molar refractivity (Wildman–Crippen MR) is 91.0 cm³/mol. The van der Waals surface area contributed by atoms with Gasteiger partial charge in [-0.3, -0.25) is 4.79 Å². The molecule has 0 radical (unpaired) electrons. The number of primary amides is 1. The van der Waals surface area contributed by atoms with Gasteiger partial charge in [-0.05, 0) is 31.5 Å². The molecule has 126 valence electrons. The van der Waals surface area contributed by atoms with Crippen LogP contribution in [0.25, 0.3) is 0 Å². The molecule has 0 saturated carbocycles. The number of nitrogens with two attached hydrogens (primary N) is 1. The van der Waals surface area contributed by atoms with Gasteiger partial charge in [0.25, 0.3) is 0 Å². The van der Waals surface area contributed by atoms with Crippen molar-refractivity contribution in [2.45, 2.75) is 38.6 Å². The number of esters is 1. The van der Waals surface area contributed by atoms with Gasteiger partial charge in [-0.25, -0.2) is 4.79 Å². The molecule has 0 bridgehead atoms. The van der Waals surface area contributed by atoms with Crippen molar-refractivity contribution < 1.29 is 14.3 Å². The van der Waals surface area contributed by atoms with Crippen LogP contribution >= 0.6 is 0 Å². The predicted octanol–water partition coefficient (Wildman–Crippen LogP) is 2.42. The normalized spacial score (nSPS) is 12.2. The number of benzene rings is 1. The van der Waals surface area contributed by atoms with Crippen molar-refractivity contribution in [3.63, 3.8) is 0 Å². The van der Waals surface area contributed by atoms with Crippen molar-refractivity contribution >= 4 is 11.9 Å². The Morgan fingerprint density at radius 3 is 2.65 bits per heavy atom. The molecule has 0 heterocycles. The molecule has 1 aromatic carbocycles. The number of rotatable bonds is 11. The number of carbonyl (C=O) groups excluding carboxylic acids is 2. The van der Waals surface area contributed by atoms with E-state index in [0.29, 0.717) is 12.0 Å². The van der Waals surface area contributed by atoms with Gasteiger partial charge in [-0.1, -0.05) is 50.1 Å². The maximum Gasteiger partial charge on any atom is 0.338 e. The first-order valence-electron chi connectivity index (χ1n) is 8.06. The summed E-state index contributed by atoms with van der Waals surface area (Å²) >= 11 is 0. The van der Waals surface area contributed by atoms with Gasteiger partial charge in [0.05, 0.1) is 12.2 Å². The van der Waals surface area contributed by atoms with Crippen LogP contribution in [0.4, 0.5) is 0 Å². The van der Waals surface area contributed by atoms with Gasteiger partial charge < -0.3 is 15.8 Å². The van der Waals surface area contributed by atoms with E-state index in [2.05, 4.69) is 12.2 Å². The summed E-state index contributed by atoms with van der Waals surface area (Å²) in [5.41, 5.74) is 5.88. The summed E-state index contributed by atoms with van der Waals surface area (Å²) < 4.78 is 5.16. The summed E-state index contributed by atoms with van der Waals surface area (Å²) in [6.45, 7) is 3.16. The van der Waals surface area contributed by atoms with E-state index in [0.717, 1.165) is 25.8 Å². The molecule has 23 heavy (non-hydrogen) atoms. The van der Waals surface area contributed by atoms with E-state index in [1.165, 1.54) is 0 Å². The molecule has 1 amide bonds. The fourth-order valence-electron chi connectivity index (χ4n) is 2.01. The van der Waals surface area contributed by atoms with Gasteiger partial charge in [0.1, 0.15) is 6.04 Å². The second kappa shape index (κ2) is 11.4. The lowest BCUT2D eigenvalue weighted by Crippen LogP contribution is -2.40. The topological polar surface area (TPSA) is 81.4 Å². The molecule has 0 aliphatic carbocycles. The zero-order valence-electron chi connectivity index (χ0n) is 13.7. The smallest absolute Gasteiger partial charge is 0.338 e. The van der Waals surface area contributed by atoms with Crippen LogP contribution in [0, 0.1) is 0 Å². The molecule has 0 aliphatic heterocycles. The van der Waals surface area contributed by atoms with Gasteiger partial charge in [0, 0.05) is 0 Å². The Balaban J connectivity index is 2.27. The Kier molecular flexibility index (Phi) is 9.40. The Hall–Kier alpha value is -2.14. The van der Waals surface area contributed by atoms with Gasteiger partial charge in [-0.15, -0.1) is 0 Å². The number of hydrogen-bond acceptors (Lipinski definition) is 4. The highest BCUT2D eigenvalue weighted by Gasteiger charge is 2.09. The lowest BCUT2D eigenvalue weighted by molar-refractivity contribution is -0.118. The van der Waals surface area contributed by atoms with Gasteiger partial charge in [0.15, 0.2) is 0 Å². The molecule has 0 aromatic heterocycles. The molecule has 5 nitrogen and oxygen atoms in total. The third-order valence-electron chi connectivity index (χ3n) is 3.31.